The van der Waals surface area contributed by atoms with Crippen LogP contribution < -0.4 is 10.2 Å². The normalized spacial score (nSPS) is 21.2. The van der Waals surface area contributed by atoms with Gasteiger partial charge in [0, 0.05) is 36.4 Å². The number of halogens is 3. The van der Waals surface area contributed by atoms with Crippen LogP contribution in [0.25, 0.3) is 10.9 Å². The summed E-state index contributed by atoms with van der Waals surface area (Å²) in [6.07, 6.45) is -2.29. The van der Waals surface area contributed by atoms with Crippen LogP contribution in [0.5, 0.6) is 0 Å². The number of rotatable bonds is 4. The average molecular weight is 367 g/mol. The molecule has 2 N–H and O–H groups in total. The zero-order chi connectivity index (χ0) is 18.9. The molecule has 0 spiro atoms. The molecule has 3 rings (SSSR count). The second kappa shape index (κ2) is 7.11. The number of piperidine rings is 1. The summed E-state index contributed by atoms with van der Waals surface area (Å²) in [5, 5.41) is 12.3. The molecule has 0 amide bonds. The molecule has 2 aromatic rings. The summed E-state index contributed by atoms with van der Waals surface area (Å²) in [5.41, 5.74) is -0.122. The third-order valence-electron chi connectivity index (χ3n) is 4.59. The molecule has 1 aliphatic heterocycles. The number of alkyl halides is 3. The minimum atomic E-state index is -4.47. The topological polar surface area (TPSA) is 65.5 Å². The Morgan fingerprint density at radius 1 is 1.35 bits per heavy atom. The number of carboxylic acids is 1. The van der Waals surface area contributed by atoms with E-state index in [-0.39, 0.29) is 24.0 Å². The molecule has 5 nitrogen and oxygen atoms in total. The zero-order valence-corrected chi connectivity index (χ0v) is 14.3. The lowest BCUT2D eigenvalue weighted by molar-refractivity contribution is -0.137. The Morgan fingerprint density at radius 3 is 2.81 bits per heavy atom. The number of benzene rings is 1. The van der Waals surface area contributed by atoms with E-state index in [0.717, 1.165) is 12.5 Å². The predicted octanol–water partition coefficient (Wildman–Crippen LogP) is 3.14. The first-order chi connectivity index (χ1) is 12.3. The Morgan fingerprint density at radius 2 is 2.12 bits per heavy atom. The third kappa shape index (κ3) is 3.90. The van der Waals surface area contributed by atoms with Crippen molar-refractivity contribution < 1.29 is 23.1 Å². The summed E-state index contributed by atoms with van der Waals surface area (Å²) in [4.78, 5) is 16.8. The van der Waals surface area contributed by atoms with Crippen molar-refractivity contribution in [3.8, 4) is 0 Å². The molecular formula is C18H20F3N3O2. The molecule has 0 saturated carbocycles. The maximum atomic E-state index is 13.3. The largest absolute Gasteiger partial charge is 0.480 e. The molecule has 1 aromatic heterocycles. The van der Waals surface area contributed by atoms with E-state index in [4.69, 9.17) is 5.11 Å². The van der Waals surface area contributed by atoms with Crippen molar-refractivity contribution in [3.05, 3.63) is 36.0 Å². The number of aliphatic carboxylic acids is 1. The summed E-state index contributed by atoms with van der Waals surface area (Å²) >= 11 is 0. The van der Waals surface area contributed by atoms with E-state index in [2.05, 4.69) is 10.3 Å². The van der Waals surface area contributed by atoms with Crippen molar-refractivity contribution in [2.45, 2.75) is 25.6 Å². The molecule has 1 saturated heterocycles. The second-order valence-electron chi connectivity index (χ2n) is 6.75. The van der Waals surface area contributed by atoms with Gasteiger partial charge in [-0.15, -0.1) is 0 Å². The summed E-state index contributed by atoms with van der Waals surface area (Å²) < 4.78 is 39.8. The van der Waals surface area contributed by atoms with E-state index >= 15 is 0 Å². The first-order valence-electron chi connectivity index (χ1n) is 8.40. The van der Waals surface area contributed by atoms with Crippen molar-refractivity contribution in [2.75, 3.05) is 24.5 Å². The molecule has 1 aliphatic rings. The van der Waals surface area contributed by atoms with Gasteiger partial charge in [0.05, 0.1) is 17.6 Å². The van der Waals surface area contributed by atoms with Gasteiger partial charge in [0.2, 0.25) is 0 Å². The smallest absolute Gasteiger partial charge is 0.418 e. The number of nitrogens with one attached hydrogen (secondary N) is 1. The number of pyridine rings is 1. The van der Waals surface area contributed by atoms with Gasteiger partial charge in [0.1, 0.15) is 0 Å². The van der Waals surface area contributed by atoms with Gasteiger partial charge in [-0.25, -0.2) is 0 Å². The lowest BCUT2D eigenvalue weighted by atomic mass is 9.94. The number of carboxylic acid groups (broad SMARTS) is 1. The Hall–Kier alpha value is -2.35. The zero-order valence-electron chi connectivity index (χ0n) is 14.3. The number of hydrogen-bond acceptors (Lipinski definition) is 4. The monoisotopic (exact) mass is 367 g/mol. The summed E-state index contributed by atoms with van der Waals surface area (Å²) in [6.45, 7) is 3.14. The van der Waals surface area contributed by atoms with Gasteiger partial charge in [-0.3, -0.25) is 9.78 Å². The van der Waals surface area contributed by atoms with E-state index in [1.807, 2.05) is 11.8 Å². The Bertz CT molecular complexity index is 810. The first-order valence-corrected chi connectivity index (χ1v) is 8.40. The number of fused-ring (bicyclic) bond motifs is 1. The number of carbonyl (C=O) groups is 1. The second-order valence-corrected chi connectivity index (χ2v) is 6.75. The number of hydrogen-bond donors (Lipinski definition) is 2. The first kappa shape index (κ1) is 18.4. The van der Waals surface area contributed by atoms with Crippen LogP contribution in [0.2, 0.25) is 0 Å². The van der Waals surface area contributed by atoms with Gasteiger partial charge < -0.3 is 15.3 Å². The fourth-order valence-electron chi connectivity index (χ4n) is 3.59. The van der Waals surface area contributed by atoms with Gasteiger partial charge in [-0.05, 0) is 36.6 Å². The van der Waals surface area contributed by atoms with Crippen LogP contribution in [-0.2, 0) is 11.0 Å². The molecule has 0 bridgehead atoms. The van der Waals surface area contributed by atoms with Gasteiger partial charge in [-0.1, -0.05) is 6.92 Å². The maximum absolute atomic E-state index is 13.3. The highest BCUT2D eigenvalue weighted by Gasteiger charge is 2.34. The fraction of sp³-hybridized carbons (Fsp3) is 0.444. The lowest BCUT2D eigenvalue weighted by Crippen LogP contribution is -2.50. The van der Waals surface area contributed by atoms with Crippen LogP contribution in [0.15, 0.2) is 30.5 Å². The molecule has 1 fully saturated rings. The molecular weight excluding hydrogens is 347 g/mol. The highest BCUT2D eigenvalue weighted by Crippen LogP contribution is 2.38. The van der Waals surface area contributed by atoms with Crippen LogP contribution in [0.3, 0.4) is 0 Å². The molecule has 1 aromatic carbocycles. The van der Waals surface area contributed by atoms with Gasteiger partial charge in [-0.2, -0.15) is 13.2 Å². The van der Waals surface area contributed by atoms with Crippen LogP contribution in [0.4, 0.5) is 18.9 Å². The molecule has 0 radical (unpaired) electrons. The quantitative estimate of drug-likeness (QED) is 0.869. The van der Waals surface area contributed by atoms with Crippen molar-refractivity contribution in [1.82, 2.24) is 10.3 Å². The molecule has 0 unspecified atom stereocenters. The van der Waals surface area contributed by atoms with E-state index in [9.17, 15) is 18.0 Å². The average Bonchev–Trinajstić information content (AvgIpc) is 2.57. The molecule has 26 heavy (non-hydrogen) atoms. The van der Waals surface area contributed by atoms with E-state index in [1.165, 1.54) is 12.3 Å². The predicted molar refractivity (Wildman–Crippen MR) is 92.2 cm³/mol. The lowest BCUT2D eigenvalue weighted by Gasteiger charge is -2.38. The van der Waals surface area contributed by atoms with E-state index < -0.39 is 17.7 Å². The number of anilines is 1. The minimum Gasteiger partial charge on any atom is -0.480 e. The van der Waals surface area contributed by atoms with Crippen molar-refractivity contribution in [2.24, 2.45) is 5.92 Å². The maximum Gasteiger partial charge on any atom is 0.418 e. The standard InChI is InChI=1S/C18H20F3N3O2/c1-11-7-12(23-8-16(25)26)10-24(9-11)15-5-4-14(18(19,20)21)17-13(15)3-2-6-22-17/h2-6,11-12,23H,7-10H2,1H3,(H,25,26)/t11-,12+/m0/s1. The van der Waals surface area contributed by atoms with Crippen molar-refractivity contribution in [3.63, 3.8) is 0 Å². The molecule has 2 heterocycles. The van der Waals surface area contributed by atoms with E-state index in [1.54, 1.807) is 12.1 Å². The minimum absolute atomic E-state index is 0.0381. The van der Waals surface area contributed by atoms with Crippen molar-refractivity contribution >= 4 is 22.6 Å². The Balaban J connectivity index is 1.96. The molecule has 2 atom stereocenters. The van der Waals surface area contributed by atoms with Crippen LogP contribution >= 0.6 is 0 Å². The highest BCUT2D eigenvalue weighted by molar-refractivity contribution is 5.94. The molecule has 0 aliphatic carbocycles. The third-order valence-corrected chi connectivity index (χ3v) is 4.59. The molecule has 8 heteroatoms. The van der Waals surface area contributed by atoms with Crippen LogP contribution in [-0.4, -0.2) is 41.7 Å². The summed E-state index contributed by atoms with van der Waals surface area (Å²) in [7, 11) is 0. The van der Waals surface area contributed by atoms with Crippen molar-refractivity contribution in [1.29, 1.82) is 0 Å². The highest BCUT2D eigenvalue weighted by atomic mass is 19.4. The fourth-order valence-corrected chi connectivity index (χ4v) is 3.59. The van der Waals surface area contributed by atoms with Crippen LogP contribution in [0, 0.1) is 5.92 Å². The SMILES string of the molecule is C[C@H]1C[C@@H](NCC(=O)O)CN(c2ccc(C(F)(F)F)c3ncccc23)C1. The Kier molecular flexibility index (Phi) is 5.04. The van der Waals surface area contributed by atoms with Gasteiger partial charge >= 0.3 is 12.1 Å². The number of aromatic nitrogens is 1. The van der Waals surface area contributed by atoms with E-state index in [0.29, 0.717) is 24.2 Å². The van der Waals surface area contributed by atoms with Gasteiger partial charge in [0.25, 0.3) is 0 Å². The Labute approximate surface area is 148 Å². The van der Waals surface area contributed by atoms with Gasteiger partial charge in [0.15, 0.2) is 0 Å². The molecule has 140 valence electrons. The van der Waals surface area contributed by atoms with Crippen LogP contribution in [0.1, 0.15) is 18.9 Å². The summed E-state index contributed by atoms with van der Waals surface area (Å²) in [6, 6.07) is 5.79. The number of nitrogens with zero attached hydrogens (tertiary/aromatic N) is 2. The summed E-state index contributed by atoms with van der Waals surface area (Å²) in [5.74, 6) is -0.650.